The molecule has 1 saturated heterocycles. The van der Waals surface area contributed by atoms with Crippen molar-refractivity contribution in [1.29, 1.82) is 0 Å². The summed E-state index contributed by atoms with van der Waals surface area (Å²) in [7, 11) is 0. The summed E-state index contributed by atoms with van der Waals surface area (Å²) in [6.45, 7) is 4.26. The Labute approximate surface area is 97.6 Å². The lowest BCUT2D eigenvalue weighted by Crippen LogP contribution is -2.42. The summed E-state index contributed by atoms with van der Waals surface area (Å²) in [5, 5.41) is 15.9. The zero-order valence-corrected chi connectivity index (χ0v) is 9.88. The second kappa shape index (κ2) is 4.48. The number of nitrogens with one attached hydrogen (secondary N) is 1. The Morgan fingerprint density at radius 2 is 2.56 bits per heavy atom. The fourth-order valence-electron chi connectivity index (χ4n) is 1.67. The largest absolute Gasteiger partial charge is 0.379 e. The lowest BCUT2D eigenvalue weighted by molar-refractivity contribution is -0.380. The highest BCUT2D eigenvalue weighted by Crippen LogP contribution is 2.24. The number of nitrogens with zero attached hydrogens (tertiary/aromatic N) is 1. The summed E-state index contributed by atoms with van der Waals surface area (Å²) in [6.07, 6.45) is 0.985. The van der Waals surface area contributed by atoms with Crippen molar-refractivity contribution >= 4 is 16.3 Å². The highest BCUT2D eigenvalue weighted by atomic mass is 32.1. The van der Waals surface area contributed by atoms with Gasteiger partial charge in [-0.2, -0.15) is 0 Å². The highest BCUT2D eigenvalue weighted by Gasteiger charge is 2.28. The second-order valence-electron chi connectivity index (χ2n) is 4.27. The molecule has 0 aliphatic carbocycles. The van der Waals surface area contributed by atoms with E-state index < -0.39 is 0 Å². The van der Waals surface area contributed by atoms with Crippen LogP contribution in [0.4, 0.5) is 5.00 Å². The normalized spacial score (nSPS) is 24.8. The van der Waals surface area contributed by atoms with Gasteiger partial charge >= 0.3 is 5.00 Å². The summed E-state index contributed by atoms with van der Waals surface area (Å²) in [4.78, 5) is 10.2. The van der Waals surface area contributed by atoms with E-state index in [4.69, 9.17) is 4.74 Å². The number of ether oxygens (including phenoxy) is 1. The molecular weight excluding hydrogens is 228 g/mol. The maximum absolute atomic E-state index is 10.5. The molecule has 1 aliphatic rings. The van der Waals surface area contributed by atoms with Crippen molar-refractivity contribution in [3.8, 4) is 0 Å². The molecule has 2 heterocycles. The van der Waals surface area contributed by atoms with Gasteiger partial charge in [0.2, 0.25) is 0 Å². The van der Waals surface area contributed by atoms with Crippen LogP contribution in [0.15, 0.2) is 11.4 Å². The Morgan fingerprint density at radius 1 is 1.75 bits per heavy atom. The Kier molecular flexibility index (Phi) is 3.22. The third-order valence-corrected chi connectivity index (χ3v) is 3.69. The predicted molar refractivity (Wildman–Crippen MR) is 61.7 cm³/mol. The smallest absolute Gasteiger partial charge is 0.324 e. The molecular formula is C10H14N2O3S. The van der Waals surface area contributed by atoms with Crippen LogP contribution in [-0.4, -0.2) is 23.7 Å². The average molecular weight is 242 g/mol. The van der Waals surface area contributed by atoms with Crippen molar-refractivity contribution in [2.45, 2.75) is 25.4 Å². The van der Waals surface area contributed by atoms with E-state index in [1.54, 1.807) is 6.07 Å². The molecule has 0 saturated carbocycles. The van der Waals surface area contributed by atoms with Gasteiger partial charge in [0.25, 0.3) is 0 Å². The van der Waals surface area contributed by atoms with Gasteiger partial charge in [-0.1, -0.05) is 11.3 Å². The number of hydrogen-bond acceptors (Lipinski definition) is 5. The molecule has 5 nitrogen and oxygen atoms in total. The first kappa shape index (κ1) is 11.5. The van der Waals surface area contributed by atoms with E-state index in [0.717, 1.165) is 18.6 Å². The molecule has 1 aromatic rings. The molecule has 2 rings (SSSR count). The quantitative estimate of drug-likeness (QED) is 0.647. The van der Waals surface area contributed by atoms with E-state index in [-0.39, 0.29) is 15.5 Å². The van der Waals surface area contributed by atoms with Crippen LogP contribution in [0.3, 0.4) is 0 Å². The van der Waals surface area contributed by atoms with Crippen molar-refractivity contribution in [2.75, 3.05) is 13.2 Å². The lowest BCUT2D eigenvalue weighted by atomic mass is 10.0. The fourth-order valence-corrected chi connectivity index (χ4v) is 2.40. The first-order valence-corrected chi connectivity index (χ1v) is 6.02. The molecule has 1 fully saturated rings. The lowest BCUT2D eigenvalue weighted by Gasteiger charge is -2.23. The number of hydrogen-bond donors (Lipinski definition) is 1. The standard InChI is InChI=1S/C10H14N2O3S/c1-10(2-3-15-7-10)11-5-8-4-9(12(13)14)16-6-8/h4,6,11H,2-3,5,7H2,1H3. The first-order chi connectivity index (χ1) is 7.59. The third kappa shape index (κ3) is 2.58. The van der Waals surface area contributed by atoms with Crippen molar-refractivity contribution in [3.05, 3.63) is 27.1 Å². The number of nitro groups is 1. The minimum Gasteiger partial charge on any atom is -0.379 e. The van der Waals surface area contributed by atoms with Gasteiger partial charge in [-0.25, -0.2) is 0 Å². The molecule has 1 unspecified atom stereocenters. The molecule has 88 valence electrons. The second-order valence-corrected chi connectivity index (χ2v) is 5.16. The first-order valence-electron chi connectivity index (χ1n) is 5.14. The molecule has 1 N–H and O–H groups in total. The maximum Gasteiger partial charge on any atom is 0.324 e. The van der Waals surface area contributed by atoms with Crippen molar-refractivity contribution < 1.29 is 9.66 Å². The molecule has 0 aromatic carbocycles. The van der Waals surface area contributed by atoms with Gasteiger partial charge in [0.05, 0.1) is 11.5 Å². The summed E-state index contributed by atoms with van der Waals surface area (Å²) in [6, 6.07) is 1.62. The minimum atomic E-state index is -0.353. The topological polar surface area (TPSA) is 64.4 Å². The van der Waals surface area contributed by atoms with E-state index in [2.05, 4.69) is 12.2 Å². The van der Waals surface area contributed by atoms with E-state index in [1.165, 1.54) is 11.3 Å². The zero-order chi connectivity index (χ0) is 11.6. The molecule has 0 radical (unpaired) electrons. The van der Waals surface area contributed by atoms with Crippen LogP contribution >= 0.6 is 11.3 Å². The van der Waals surface area contributed by atoms with Crippen LogP contribution < -0.4 is 5.32 Å². The Balaban J connectivity index is 1.91. The SMILES string of the molecule is CC1(NCc2csc([N+](=O)[O-])c2)CCOC1. The maximum atomic E-state index is 10.5. The van der Waals surface area contributed by atoms with Crippen LogP contribution in [0.2, 0.25) is 0 Å². The molecule has 0 spiro atoms. The van der Waals surface area contributed by atoms with E-state index in [9.17, 15) is 10.1 Å². The van der Waals surface area contributed by atoms with E-state index >= 15 is 0 Å². The molecule has 16 heavy (non-hydrogen) atoms. The molecule has 6 heteroatoms. The fraction of sp³-hybridized carbons (Fsp3) is 0.600. The summed E-state index contributed by atoms with van der Waals surface area (Å²) in [5.41, 5.74) is 0.973. The van der Waals surface area contributed by atoms with Crippen molar-refractivity contribution in [1.82, 2.24) is 5.32 Å². The third-order valence-electron chi connectivity index (χ3n) is 2.76. The summed E-state index contributed by atoms with van der Waals surface area (Å²) in [5.74, 6) is 0. The molecule has 0 amide bonds. The van der Waals surface area contributed by atoms with E-state index in [1.807, 2.05) is 5.38 Å². The average Bonchev–Trinajstić information content (AvgIpc) is 2.84. The minimum absolute atomic E-state index is 0.0106. The summed E-state index contributed by atoms with van der Waals surface area (Å²) < 4.78 is 5.32. The van der Waals surface area contributed by atoms with Crippen molar-refractivity contribution in [2.24, 2.45) is 0 Å². The number of rotatable bonds is 4. The van der Waals surface area contributed by atoms with Crippen LogP contribution in [0.5, 0.6) is 0 Å². The predicted octanol–water partition coefficient (Wildman–Crippen LogP) is 1.92. The Morgan fingerprint density at radius 3 is 3.12 bits per heavy atom. The Bertz CT molecular complexity index is 385. The van der Waals surface area contributed by atoms with Crippen LogP contribution in [0.1, 0.15) is 18.9 Å². The van der Waals surface area contributed by atoms with Gasteiger partial charge in [-0.05, 0) is 18.9 Å². The van der Waals surface area contributed by atoms with Gasteiger partial charge in [-0.15, -0.1) is 0 Å². The van der Waals surface area contributed by atoms with Gasteiger partial charge in [-0.3, -0.25) is 10.1 Å². The van der Waals surface area contributed by atoms with Gasteiger partial charge in [0.15, 0.2) is 0 Å². The van der Waals surface area contributed by atoms with Gasteiger partial charge in [0.1, 0.15) is 0 Å². The Hall–Kier alpha value is -0.980. The zero-order valence-electron chi connectivity index (χ0n) is 9.06. The van der Waals surface area contributed by atoms with Gasteiger partial charge in [0, 0.05) is 30.1 Å². The van der Waals surface area contributed by atoms with Crippen LogP contribution in [-0.2, 0) is 11.3 Å². The molecule has 0 bridgehead atoms. The van der Waals surface area contributed by atoms with Crippen LogP contribution in [0, 0.1) is 10.1 Å². The summed E-state index contributed by atoms with van der Waals surface area (Å²) >= 11 is 1.17. The molecule has 1 aliphatic heterocycles. The van der Waals surface area contributed by atoms with Crippen LogP contribution in [0.25, 0.3) is 0 Å². The highest BCUT2D eigenvalue weighted by molar-refractivity contribution is 7.13. The van der Waals surface area contributed by atoms with E-state index in [0.29, 0.717) is 13.2 Å². The molecule has 1 atom stereocenters. The monoisotopic (exact) mass is 242 g/mol. The van der Waals surface area contributed by atoms with Gasteiger partial charge < -0.3 is 10.1 Å². The molecule has 1 aromatic heterocycles. The van der Waals surface area contributed by atoms with Crippen molar-refractivity contribution in [3.63, 3.8) is 0 Å². The number of thiophene rings is 1.